The summed E-state index contributed by atoms with van der Waals surface area (Å²) in [5.41, 5.74) is 2.15. The molecular formula is C20H20N4OS2. The lowest BCUT2D eigenvalue weighted by atomic mass is 10.2. The standard InChI is InChI=1S/C20H20N4OS2/c1-24-13-21-11-16(24)12-23-15-4-5-18-14(9-15)10-19(27-18)20(25)22-7-6-17-3-2-8-26-17/h2-5,8-11,13,23H,6-7,12H2,1H3,(H,22,25). The Morgan fingerprint density at radius 2 is 2.19 bits per heavy atom. The van der Waals surface area contributed by atoms with Gasteiger partial charge < -0.3 is 15.2 Å². The van der Waals surface area contributed by atoms with Crippen LogP contribution in [-0.2, 0) is 20.0 Å². The first-order valence-corrected chi connectivity index (χ1v) is 10.4. The Balaban J connectivity index is 1.39. The largest absolute Gasteiger partial charge is 0.379 e. The molecule has 0 fully saturated rings. The zero-order valence-electron chi connectivity index (χ0n) is 14.9. The number of imidazole rings is 1. The van der Waals surface area contributed by atoms with E-state index < -0.39 is 0 Å². The van der Waals surface area contributed by atoms with E-state index >= 15 is 0 Å². The quantitative estimate of drug-likeness (QED) is 0.490. The van der Waals surface area contributed by atoms with Crippen molar-refractivity contribution in [3.8, 4) is 0 Å². The minimum atomic E-state index is -0.00264. The molecule has 2 N–H and O–H groups in total. The maximum Gasteiger partial charge on any atom is 0.261 e. The van der Waals surface area contributed by atoms with Gasteiger partial charge in [0.15, 0.2) is 0 Å². The summed E-state index contributed by atoms with van der Waals surface area (Å²) in [6.45, 7) is 1.37. The lowest BCUT2D eigenvalue weighted by molar-refractivity contribution is 0.0958. The number of aromatic nitrogens is 2. The predicted molar refractivity (Wildman–Crippen MR) is 113 cm³/mol. The van der Waals surface area contributed by atoms with E-state index in [-0.39, 0.29) is 5.91 Å². The van der Waals surface area contributed by atoms with Gasteiger partial charge in [-0.2, -0.15) is 0 Å². The van der Waals surface area contributed by atoms with E-state index in [4.69, 9.17) is 0 Å². The molecule has 0 saturated carbocycles. The summed E-state index contributed by atoms with van der Waals surface area (Å²) in [5.74, 6) is -0.00264. The second kappa shape index (κ2) is 7.94. The predicted octanol–water partition coefficient (Wildman–Crippen LogP) is 4.28. The van der Waals surface area contributed by atoms with Gasteiger partial charge in [-0.05, 0) is 47.5 Å². The number of aryl methyl sites for hydroxylation is 1. The molecule has 3 aromatic heterocycles. The maximum absolute atomic E-state index is 12.4. The molecule has 7 heteroatoms. The summed E-state index contributed by atoms with van der Waals surface area (Å²) in [6.07, 6.45) is 4.52. The zero-order valence-corrected chi connectivity index (χ0v) is 16.6. The number of fused-ring (bicyclic) bond motifs is 1. The molecule has 0 spiro atoms. The molecule has 0 bridgehead atoms. The number of nitrogens with zero attached hydrogens (tertiary/aromatic N) is 2. The number of thiophene rings is 2. The molecule has 4 rings (SSSR count). The Labute approximate surface area is 165 Å². The van der Waals surface area contributed by atoms with Gasteiger partial charge >= 0.3 is 0 Å². The van der Waals surface area contributed by atoms with Crippen molar-refractivity contribution in [2.75, 3.05) is 11.9 Å². The molecule has 5 nitrogen and oxygen atoms in total. The average Bonchev–Trinajstić information content (AvgIpc) is 3.40. The van der Waals surface area contributed by atoms with Gasteiger partial charge in [-0.3, -0.25) is 4.79 Å². The highest BCUT2D eigenvalue weighted by molar-refractivity contribution is 7.20. The minimum absolute atomic E-state index is 0.00264. The summed E-state index contributed by atoms with van der Waals surface area (Å²) in [7, 11) is 1.98. The Morgan fingerprint density at radius 3 is 2.96 bits per heavy atom. The summed E-state index contributed by atoms with van der Waals surface area (Å²) in [4.78, 5) is 18.6. The van der Waals surface area contributed by atoms with E-state index in [9.17, 15) is 4.79 Å². The zero-order chi connectivity index (χ0) is 18.6. The second-order valence-corrected chi connectivity index (χ2v) is 8.41. The molecule has 0 aliphatic heterocycles. The summed E-state index contributed by atoms with van der Waals surface area (Å²) < 4.78 is 3.11. The third kappa shape index (κ3) is 4.20. The summed E-state index contributed by atoms with van der Waals surface area (Å²) in [6, 6.07) is 12.3. The van der Waals surface area contributed by atoms with E-state index in [1.807, 2.05) is 36.0 Å². The molecule has 0 aliphatic rings. The van der Waals surface area contributed by atoms with Crippen molar-refractivity contribution in [2.24, 2.45) is 7.05 Å². The molecular weight excluding hydrogens is 376 g/mol. The highest BCUT2D eigenvalue weighted by Gasteiger charge is 2.10. The lowest BCUT2D eigenvalue weighted by Gasteiger charge is -2.06. The maximum atomic E-state index is 12.4. The van der Waals surface area contributed by atoms with Crippen LogP contribution >= 0.6 is 22.7 Å². The van der Waals surface area contributed by atoms with Crippen LogP contribution in [0.2, 0.25) is 0 Å². The van der Waals surface area contributed by atoms with E-state index in [1.54, 1.807) is 17.7 Å². The first kappa shape index (κ1) is 17.8. The van der Waals surface area contributed by atoms with Gasteiger partial charge in [0.05, 0.1) is 23.4 Å². The highest BCUT2D eigenvalue weighted by atomic mass is 32.1. The van der Waals surface area contributed by atoms with E-state index in [1.165, 1.54) is 16.2 Å². The fraction of sp³-hybridized carbons (Fsp3) is 0.200. The van der Waals surface area contributed by atoms with E-state index in [0.717, 1.165) is 32.8 Å². The van der Waals surface area contributed by atoms with Crippen LogP contribution in [-0.4, -0.2) is 22.0 Å². The molecule has 0 unspecified atom stereocenters. The molecule has 4 aromatic rings. The van der Waals surface area contributed by atoms with E-state index in [2.05, 4.69) is 39.2 Å². The Morgan fingerprint density at radius 1 is 1.26 bits per heavy atom. The molecule has 1 aromatic carbocycles. The molecule has 138 valence electrons. The highest BCUT2D eigenvalue weighted by Crippen LogP contribution is 2.28. The minimum Gasteiger partial charge on any atom is -0.379 e. The van der Waals surface area contributed by atoms with Crippen molar-refractivity contribution in [1.82, 2.24) is 14.9 Å². The van der Waals surface area contributed by atoms with Gasteiger partial charge in [-0.25, -0.2) is 4.98 Å². The van der Waals surface area contributed by atoms with Crippen LogP contribution in [0.25, 0.3) is 10.1 Å². The Hall–Kier alpha value is -2.64. The first-order chi connectivity index (χ1) is 13.2. The Bertz CT molecular complexity index is 1050. The number of carbonyl (C=O) groups is 1. The van der Waals surface area contributed by atoms with Gasteiger partial charge in [-0.1, -0.05) is 6.07 Å². The second-order valence-electron chi connectivity index (χ2n) is 6.30. The number of anilines is 1. The molecule has 0 radical (unpaired) electrons. The van der Waals surface area contributed by atoms with Crippen molar-refractivity contribution < 1.29 is 4.79 Å². The van der Waals surface area contributed by atoms with Crippen LogP contribution in [0.4, 0.5) is 5.69 Å². The van der Waals surface area contributed by atoms with Crippen molar-refractivity contribution in [3.05, 3.63) is 69.8 Å². The van der Waals surface area contributed by atoms with Crippen LogP contribution < -0.4 is 10.6 Å². The number of nitrogens with one attached hydrogen (secondary N) is 2. The molecule has 3 heterocycles. The summed E-state index contributed by atoms with van der Waals surface area (Å²) >= 11 is 3.25. The summed E-state index contributed by atoms with van der Waals surface area (Å²) in [5, 5.41) is 9.57. The SMILES string of the molecule is Cn1cncc1CNc1ccc2sc(C(=O)NCCc3cccs3)cc2c1. The number of carbonyl (C=O) groups excluding carboxylic acids is 1. The van der Waals surface area contributed by atoms with Gasteiger partial charge in [0, 0.05) is 35.1 Å². The first-order valence-electron chi connectivity index (χ1n) is 8.72. The van der Waals surface area contributed by atoms with Crippen molar-refractivity contribution in [2.45, 2.75) is 13.0 Å². The van der Waals surface area contributed by atoms with Gasteiger partial charge in [0.25, 0.3) is 5.91 Å². The van der Waals surface area contributed by atoms with Crippen LogP contribution in [0, 0.1) is 0 Å². The van der Waals surface area contributed by atoms with Crippen molar-refractivity contribution in [1.29, 1.82) is 0 Å². The monoisotopic (exact) mass is 396 g/mol. The fourth-order valence-electron chi connectivity index (χ4n) is 2.85. The van der Waals surface area contributed by atoms with Gasteiger partial charge in [-0.15, -0.1) is 22.7 Å². The van der Waals surface area contributed by atoms with Crippen molar-refractivity contribution in [3.63, 3.8) is 0 Å². The lowest BCUT2D eigenvalue weighted by Crippen LogP contribution is -2.24. The smallest absolute Gasteiger partial charge is 0.261 e. The van der Waals surface area contributed by atoms with Crippen LogP contribution in [0.3, 0.4) is 0 Å². The number of rotatable bonds is 7. The third-order valence-electron chi connectivity index (χ3n) is 4.37. The average molecular weight is 397 g/mol. The number of hydrogen-bond donors (Lipinski definition) is 2. The molecule has 1 amide bonds. The van der Waals surface area contributed by atoms with Crippen LogP contribution in [0.5, 0.6) is 0 Å². The van der Waals surface area contributed by atoms with Crippen LogP contribution in [0.1, 0.15) is 20.2 Å². The molecule has 27 heavy (non-hydrogen) atoms. The van der Waals surface area contributed by atoms with Crippen LogP contribution in [0.15, 0.2) is 54.3 Å². The third-order valence-corrected chi connectivity index (χ3v) is 6.42. The number of benzene rings is 1. The van der Waals surface area contributed by atoms with Gasteiger partial charge in [0.1, 0.15) is 0 Å². The van der Waals surface area contributed by atoms with Gasteiger partial charge in [0.2, 0.25) is 0 Å². The molecule has 0 atom stereocenters. The number of hydrogen-bond acceptors (Lipinski definition) is 5. The fourth-order valence-corrected chi connectivity index (χ4v) is 4.52. The number of amides is 1. The normalized spacial score (nSPS) is 11.0. The molecule has 0 saturated heterocycles. The van der Waals surface area contributed by atoms with E-state index in [0.29, 0.717) is 13.1 Å². The topological polar surface area (TPSA) is 59.0 Å². The van der Waals surface area contributed by atoms with Crippen molar-refractivity contribution >= 4 is 44.4 Å². The molecule has 0 aliphatic carbocycles. The Kier molecular flexibility index (Phi) is 5.22.